The number of benzene rings is 1. The number of nitrogens with zero attached hydrogens (tertiary/aromatic N) is 1. The minimum atomic E-state index is -5.59. The van der Waals surface area contributed by atoms with Gasteiger partial charge in [-0.2, -0.15) is 26.3 Å². The van der Waals surface area contributed by atoms with E-state index in [1.165, 1.54) is 0 Å². The second kappa shape index (κ2) is 4.27. The number of rotatable bonds is 1. The molecule has 2 nitrogen and oxygen atoms in total. The summed E-state index contributed by atoms with van der Waals surface area (Å²) in [6.45, 7) is 0. The van der Waals surface area contributed by atoms with Gasteiger partial charge in [0.15, 0.2) is 0 Å². The molecule has 1 aromatic rings. The zero-order valence-corrected chi connectivity index (χ0v) is 7.97. The fourth-order valence-electron chi connectivity index (χ4n) is 0.944. The van der Waals surface area contributed by atoms with Gasteiger partial charge in [-0.25, -0.2) is 4.99 Å². The highest BCUT2D eigenvalue weighted by Gasteiger charge is 2.53. The van der Waals surface area contributed by atoms with Crippen LogP contribution in [0.3, 0.4) is 0 Å². The molecule has 0 aliphatic rings. The number of aliphatic imine (C=N–C) groups is 1. The quantitative estimate of drug-likeness (QED) is 0.605. The highest BCUT2D eigenvalue weighted by molar-refractivity contribution is 5.96. The Morgan fingerprint density at radius 1 is 0.882 bits per heavy atom. The molecule has 0 radical (unpaired) electrons. The molecule has 0 aliphatic carbocycles. The maximum absolute atomic E-state index is 12.1. The topological polar surface area (TPSA) is 32.6 Å². The van der Waals surface area contributed by atoms with Crippen molar-refractivity contribution in [3.63, 3.8) is 0 Å². The lowest BCUT2D eigenvalue weighted by atomic mass is 10.3. The molecule has 0 unspecified atom stereocenters. The second-order valence-electron chi connectivity index (χ2n) is 2.97. The van der Waals surface area contributed by atoms with Gasteiger partial charge in [-0.15, -0.1) is 0 Å². The summed E-state index contributed by atoms with van der Waals surface area (Å²) < 4.78 is 72.5. The molecule has 0 saturated carbocycles. The third kappa shape index (κ3) is 3.65. The SMILES string of the molecule is Oc1ccc(N=C(C(F)(F)F)C(F)(F)F)cc1. The summed E-state index contributed by atoms with van der Waals surface area (Å²) in [4.78, 5) is 2.50. The van der Waals surface area contributed by atoms with Crippen LogP contribution in [0.15, 0.2) is 29.3 Å². The summed E-state index contributed by atoms with van der Waals surface area (Å²) in [5.74, 6) is -0.287. The number of aromatic hydroxyl groups is 1. The first-order valence-electron chi connectivity index (χ1n) is 4.13. The lowest BCUT2D eigenvalue weighted by Crippen LogP contribution is -2.36. The van der Waals surface area contributed by atoms with Crippen molar-refractivity contribution in [2.24, 2.45) is 4.99 Å². The van der Waals surface area contributed by atoms with Crippen molar-refractivity contribution in [3.8, 4) is 5.75 Å². The number of phenols is 1. The molecule has 8 heteroatoms. The smallest absolute Gasteiger partial charge is 0.438 e. The first-order valence-corrected chi connectivity index (χ1v) is 4.13. The Labute approximate surface area is 91.2 Å². The lowest BCUT2D eigenvalue weighted by molar-refractivity contribution is -0.117. The van der Waals surface area contributed by atoms with Crippen LogP contribution in [0.5, 0.6) is 5.75 Å². The molecule has 0 aliphatic heterocycles. The van der Waals surface area contributed by atoms with Gasteiger partial charge in [0.05, 0.1) is 5.69 Å². The van der Waals surface area contributed by atoms with Gasteiger partial charge in [-0.1, -0.05) is 0 Å². The lowest BCUT2D eigenvalue weighted by Gasteiger charge is -2.13. The van der Waals surface area contributed by atoms with Crippen LogP contribution < -0.4 is 0 Å². The third-order valence-electron chi connectivity index (χ3n) is 1.63. The van der Waals surface area contributed by atoms with E-state index >= 15 is 0 Å². The zero-order chi connectivity index (χ0) is 13.3. The molecule has 0 amide bonds. The Morgan fingerprint density at radius 2 is 1.29 bits per heavy atom. The maximum atomic E-state index is 12.1. The Kier molecular flexibility index (Phi) is 3.35. The number of halogens is 6. The molecule has 0 saturated heterocycles. The van der Waals surface area contributed by atoms with Gasteiger partial charge in [-0.05, 0) is 24.3 Å². The summed E-state index contributed by atoms with van der Waals surface area (Å²) >= 11 is 0. The van der Waals surface area contributed by atoms with E-state index in [9.17, 15) is 26.3 Å². The van der Waals surface area contributed by atoms with Crippen molar-refractivity contribution in [3.05, 3.63) is 24.3 Å². The van der Waals surface area contributed by atoms with Gasteiger partial charge in [-0.3, -0.25) is 0 Å². The molecule has 1 N–H and O–H groups in total. The first kappa shape index (κ1) is 13.3. The average molecular weight is 257 g/mol. The van der Waals surface area contributed by atoms with E-state index in [2.05, 4.69) is 4.99 Å². The van der Waals surface area contributed by atoms with Crippen LogP contribution in [-0.2, 0) is 0 Å². The summed E-state index contributed by atoms with van der Waals surface area (Å²) in [6.07, 6.45) is -11.2. The van der Waals surface area contributed by atoms with Crippen LogP contribution in [0.1, 0.15) is 0 Å². The van der Waals surface area contributed by atoms with E-state index in [-0.39, 0.29) is 5.75 Å². The summed E-state index contributed by atoms with van der Waals surface area (Å²) in [7, 11) is 0. The number of phenolic OH excluding ortho intramolecular Hbond substituents is 1. The predicted molar refractivity (Wildman–Crippen MR) is 47.3 cm³/mol. The summed E-state index contributed by atoms with van der Waals surface area (Å²) in [5, 5.41) is 8.82. The number of alkyl halides is 6. The van der Waals surface area contributed by atoms with Crippen LogP contribution in [0.4, 0.5) is 32.0 Å². The predicted octanol–water partition coefficient (Wildman–Crippen LogP) is 3.59. The molecular formula is C9H5F6NO. The van der Waals surface area contributed by atoms with Gasteiger partial charge < -0.3 is 5.11 Å². The molecule has 1 aromatic carbocycles. The first-order chi connectivity index (χ1) is 7.60. The van der Waals surface area contributed by atoms with E-state index < -0.39 is 23.8 Å². The Bertz CT molecular complexity index is 401. The highest BCUT2D eigenvalue weighted by Crippen LogP contribution is 2.32. The minimum Gasteiger partial charge on any atom is -0.508 e. The molecule has 17 heavy (non-hydrogen) atoms. The van der Waals surface area contributed by atoms with Crippen molar-refractivity contribution in [2.45, 2.75) is 12.4 Å². The largest absolute Gasteiger partial charge is 0.508 e. The molecule has 0 bridgehead atoms. The van der Waals surface area contributed by atoms with Crippen molar-refractivity contribution < 1.29 is 31.4 Å². The number of hydrogen-bond acceptors (Lipinski definition) is 2. The highest BCUT2D eigenvalue weighted by atomic mass is 19.4. The van der Waals surface area contributed by atoms with Crippen molar-refractivity contribution >= 4 is 11.4 Å². The van der Waals surface area contributed by atoms with Crippen molar-refractivity contribution in [1.82, 2.24) is 0 Å². The van der Waals surface area contributed by atoms with Gasteiger partial charge in [0.2, 0.25) is 5.71 Å². The molecule has 0 atom stereocenters. The molecule has 0 aromatic heterocycles. The van der Waals surface area contributed by atoms with Crippen LogP contribution in [0.2, 0.25) is 0 Å². The van der Waals surface area contributed by atoms with Crippen LogP contribution in [0.25, 0.3) is 0 Å². The van der Waals surface area contributed by atoms with Crippen LogP contribution in [-0.4, -0.2) is 23.2 Å². The Hall–Kier alpha value is -1.73. The minimum absolute atomic E-state index is 0.287. The molecular weight excluding hydrogens is 252 g/mol. The van der Waals surface area contributed by atoms with E-state index in [0.717, 1.165) is 24.3 Å². The number of hydrogen-bond donors (Lipinski definition) is 1. The van der Waals surface area contributed by atoms with Gasteiger partial charge in [0, 0.05) is 0 Å². The molecule has 0 fully saturated rings. The van der Waals surface area contributed by atoms with Crippen molar-refractivity contribution in [1.29, 1.82) is 0 Å². The van der Waals surface area contributed by atoms with E-state index in [0.29, 0.717) is 0 Å². The average Bonchev–Trinajstić information content (AvgIpc) is 2.13. The zero-order valence-electron chi connectivity index (χ0n) is 7.97. The maximum Gasteiger partial charge on any atom is 0.438 e. The van der Waals surface area contributed by atoms with E-state index in [4.69, 9.17) is 5.11 Å². The fourth-order valence-corrected chi connectivity index (χ4v) is 0.944. The van der Waals surface area contributed by atoms with Crippen LogP contribution in [0, 0.1) is 0 Å². The summed E-state index contributed by atoms with van der Waals surface area (Å²) in [5.41, 5.74) is -3.39. The standard InChI is InChI=1S/C9H5F6NO/c10-8(11,12)7(9(13,14)15)16-5-1-3-6(17)4-2-5/h1-4,17H. The van der Waals surface area contributed by atoms with E-state index in [1.807, 2.05) is 0 Å². The third-order valence-corrected chi connectivity index (χ3v) is 1.63. The van der Waals surface area contributed by atoms with E-state index in [1.54, 1.807) is 0 Å². The monoisotopic (exact) mass is 257 g/mol. The Morgan fingerprint density at radius 3 is 1.65 bits per heavy atom. The van der Waals surface area contributed by atoms with Crippen LogP contribution >= 0.6 is 0 Å². The molecule has 0 heterocycles. The Balaban J connectivity index is 3.20. The molecule has 0 spiro atoms. The van der Waals surface area contributed by atoms with Crippen molar-refractivity contribution in [2.75, 3.05) is 0 Å². The molecule has 1 rings (SSSR count). The van der Waals surface area contributed by atoms with Gasteiger partial charge >= 0.3 is 12.4 Å². The fraction of sp³-hybridized carbons (Fsp3) is 0.222. The van der Waals surface area contributed by atoms with Gasteiger partial charge in [0.1, 0.15) is 5.75 Å². The van der Waals surface area contributed by atoms with Gasteiger partial charge in [0.25, 0.3) is 0 Å². The molecule has 94 valence electrons. The normalized spacial score (nSPS) is 12.4. The summed E-state index contributed by atoms with van der Waals surface area (Å²) in [6, 6.07) is 3.55. The second-order valence-corrected chi connectivity index (χ2v) is 2.97.